The predicted octanol–water partition coefficient (Wildman–Crippen LogP) is 2.44. The maximum Gasteiger partial charge on any atom is 0.193 e. The molecule has 2 N–H and O–H groups in total. The van der Waals surface area contributed by atoms with E-state index in [1.807, 2.05) is 12.1 Å². The van der Waals surface area contributed by atoms with Gasteiger partial charge in [-0.1, -0.05) is 12.1 Å². The Bertz CT molecular complexity index is 459. The highest BCUT2D eigenvalue weighted by Gasteiger charge is 2.18. The van der Waals surface area contributed by atoms with Crippen LogP contribution >= 0.6 is 24.0 Å². The molecule has 0 bridgehead atoms. The molecule has 5 nitrogen and oxygen atoms in total. The second kappa shape index (κ2) is 9.89. The third-order valence-electron chi connectivity index (χ3n) is 3.60. The van der Waals surface area contributed by atoms with Crippen LogP contribution in [0.1, 0.15) is 18.9 Å². The van der Waals surface area contributed by atoms with Crippen LogP contribution in [0.3, 0.4) is 0 Å². The molecule has 1 aromatic carbocycles. The minimum atomic E-state index is 0. The summed E-state index contributed by atoms with van der Waals surface area (Å²) in [6.45, 7) is 6.21. The first kappa shape index (κ1) is 19.0. The number of phenols is 1. The standard InChI is InChI=1S/C16H25N3O2.HI/c1-3-17-16(19(2)11-14-8-9-21-12-14)18-10-13-4-6-15(20)7-5-13;/h4-7,14,20H,3,8-12H2,1-2H3,(H,17,18);1H. The Balaban J connectivity index is 0.00000242. The fourth-order valence-corrected chi connectivity index (χ4v) is 2.44. The molecule has 1 aromatic rings. The largest absolute Gasteiger partial charge is 0.508 e. The predicted molar refractivity (Wildman–Crippen MR) is 99.9 cm³/mol. The molecule has 6 heteroatoms. The van der Waals surface area contributed by atoms with Crippen molar-refractivity contribution in [3.05, 3.63) is 29.8 Å². The normalized spacial score (nSPS) is 17.9. The molecule has 1 aliphatic heterocycles. The highest BCUT2D eigenvalue weighted by Crippen LogP contribution is 2.14. The van der Waals surface area contributed by atoms with Crippen LogP contribution in [0.2, 0.25) is 0 Å². The first-order valence-corrected chi connectivity index (χ1v) is 7.54. The molecule has 1 atom stereocenters. The van der Waals surface area contributed by atoms with E-state index in [9.17, 15) is 5.11 Å². The molecule has 0 amide bonds. The van der Waals surface area contributed by atoms with Crippen LogP contribution in [0.25, 0.3) is 0 Å². The van der Waals surface area contributed by atoms with Crippen LogP contribution in [0.4, 0.5) is 0 Å². The lowest BCUT2D eigenvalue weighted by Crippen LogP contribution is -2.41. The third-order valence-corrected chi connectivity index (χ3v) is 3.60. The van der Waals surface area contributed by atoms with E-state index in [4.69, 9.17) is 4.74 Å². The molecule has 1 unspecified atom stereocenters. The Morgan fingerprint density at radius 2 is 2.14 bits per heavy atom. The Kier molecular flexibility index (Phi) is 8.55. The van der Waals surface area contributed by atoms with Crippen LogP contribution in [-0.2, 0) is 11.3 Å². The van der Waals surface area contributed by atoms with Crippen molar-refractivity contribution >= 4 is 29.9 Å². The average Bonchev–Trinajstić information content (AvgIpc) is 2.98. The number of guanidine groups is 1. The summed E-state index contributed by atoms with van der Waals surface area (Å²) in [5, 5.41) is 12.6. The van der Waals surface area contributed by atoms with Gasteiger partial charge in [-0.3, -0.25) is 0 Å². The van der Waals surface area contributed by atoms with E-state index < -0.39 is 0 Å². The number of aliphatic imine (C=N–C) groups is 1. The highest BCUT2D eigenvalue weighted by molar-refractivity contribution is 14.0. The summed E-state index contributed by atoms with van der Waals surface area (Å²) in [6.07, 6.45) is 1.13. The first-order chi connectivity index (χ1) is 10.2. The fraction of sp³-hybridized carbons (Fsp3) is 0.562. The quantitative estimate of drug-likeness (QED) is 0.438. The van der Waals surface area contributed by atoms with E-state index in [0.717, 1.165) is 44.2 Å². The third kappa shape index (κ3) is 6.00. The number of hydrogen-bond acceptors (Lipinski definition) is 3. The number of nitrogens with zero attached hydrogens (tertiary/aromatic N) is 2. The Morgan fingerprint density at radius 1 is 1.41 bits per heavy atom. The molecule has 0 saturated carbocycles. The summed E-state index contributed by atoms with van der Waals surface area (Å²) >= 11 is 0. The zero-order valence-corrected chi connectivity index (χ0v) is 15.6. The second-order valence-corrected chi connectivity index (χ2v) is 5.45. The molecule has 22 heavy (non-hydrogen) atoms. The Morgan fingerprint density at radius 3 is 2.73 bits per heavy atom. The minimum absolute atomic E-state index is 0. The maximum absolute atomic E-state index is 9.30. The molecule has 1 saturated heterocycles. The number of halogens is 1. The van der Waals surface area contributed by atoms with Crippen molar-refractivity contribution in [2.24, 2.45) is 10.9 Å². The topological polar surface area (TPSA) is 57.1 Å². The van der Waals surface area contributed by atoms with Crippen molar-refractivity contribution in [3.63, 3.8) is 0 Å². The zero-order chi connectivity index (χ0) is 15.1. The maximum atomic E-state index is 9.30. The summed E-state index contributed by atoms with van der Waals surface area (Å²) in [5.41, 5.74) is 1.08. The van der Waals surface area contributed by atoms with Crippen LogP contribution in [0.15, 0.2) is 29.3 Å². The number of nitrogens with one attached hydrogen (secondary N) is 1. The van der Waals surface area contributed by atoms with E-state index in [2.05, 4.69) is 29.2 Å². The monoisotopic (exact) mass is 419 g/mol. The Labute approximate surface area is 149 Å². The summed E-state index contributed by atoms with van der Waals surface area (Å²) in [5.74, 6) is 1.79. The first-order valence-electron chi connectivity index (χ1n) is 7.54. The number of rotatable bonds is 5. The molecular weight excluding hydrogens is 393 g/mol. The summed E-state index contributed by atoms with van der Waals surface area (Å²) in [4.78, 5) is 6.83. The van der Waals surface area contributed by atoms with Gasteiger partial charge in [0.25, 0.3) is 0 Å². The molecule has 0 spiro atoms. The molecule has 0 radical (unpaired) electrons. The van der Waals surface area contributed by atoms with Gasteiger partial charge in [-0.05, 0) is 31.0 Å². The van der Waals surface area contributed by atoms with Crippen LogP contribution in [-0.4, -0.2) is 49.3 Å². The van der Waals surface area contributed by atoms with Crippen LogP contribution in [0, 0.1) is 5.92 Å². The number of aromatic hydroxyl groups is 1. The summed E-state index contributed by atoms with van der Waals surface area (Å²) in [7, 11) is 2.07. The SMILES string of the molecule is CCNC(=NCc1ccc(O)cc1)N(C)CC1CCOC1.I. The van der Waals surface area contributed by atoms with Gasteiger partial charge in [0.2, 0.25) is 0 Å². The molecule has 0 aliphatic carbocycles. The van der Waals surface area contributed by atoms with Gasteiger partial charge in [0.15, 0.2) is 5.96 Å². The van der Waals surface area contributed by atoms with Crippen molar-refractivity contribution in [2.45, 2.75) is 19.9 Å². The number of benzene rings is 1. The number of ether oxygens (including phenoxy) is 1. The summed E-state index contributed by atoms with van der Waals surface area (Å²) < 4.78 is 5.43. The van der Waals surface area contributed by atoms with Gasteiger partial charge in [0.05, 0.1) is 13.2 Å². The molecule has 1 aliphatic rings. The molecule has 124 valence electrons. The van der Waals surface area contributed by atoms with Gasteiger partial charge in [-0.15, -0.1) is 24.0 Å². The second-order valence-electron chi connectivity index (χ2n) is 5.45. The van der Waals surface area contributed by atoms with Crippen molar-refractivity contribution in [2.75, 3.05) is 33.4 Å². The van der Waals surface area contributed by atoms with Crippen molar-refractivity contribution in [1.29, 1.82) is 0 Å². The lowest BCUT2D eigenvalue weighted by Gasteiger charge is -2.24. The lowest BCUT2D eigenvalue weighted by atomic mass is 10.1. The molecule has 0 aromatic heterocycles. The fourth-order valence-electron chi connectivity index (χ4n) is 2.44. The number of hydrogen-bond donors (Lipinski definition) is 2. The Hall–Kier alpha value is -1.02. The van der Waals surface area contributed by atoms with Crippen LogP contribution < -0.4 is 5.32 Å². The van der Waals surface area contributed by atoms with E-state index >= 15 is 0 Å². The molecule has 1 heterocycles. The number of phenolic OH excluding ortho intramolecular Hbond substituents is 1. The summed E-state index contributed by atoms with van der Waals surface area (Å²) in [6, 6.07) is 7.18. The van der Waals surface area contributed by atoms with E-state index in [1.165, 1.54) is 0 Å². The highest BCUT2D eigenvalue weighted by atomic mass is 127. The van der Waals surface area contributed by atoms with Crippen molar-refractivity contribution in [1.82, 2.24) is 10.2 Å². The van der Waals surface area contributed by atoms with E-state index in [1.54, 1.807) is 12.1 Å². The average molecular weight is 419 g/mol. The zero-order valence-electron chi connectivity index (χ0n) is 13.3. The molecule has 2 rings (SSSR count). The van der Waals surface area contributed by atoms with E-state index in [-0.39, 0.29) is 29.7 Å². The molecule has 1 fully saturated rings. The molecular formula is C16H26IN3O2. The lowest BCUT2D eigenvalue weighted by molar-refractivity contribution is 0.181. The van der Waals surface area contributed by atoms with Crippen molar-refractivity contribution < 1.29 is 9.84 Å². The van der Waals surface area contributed by atoms with Gasteiger partial charge in [0.1, 0.15) is 5.75 Å². The van der Waals surface area contributed by atoms with Crippen LogP contribution in [0.5, 0.6) is 5.75 Å². The van der Waals surface area contributed by atoms with Gasteiger partial charge < -0.3 is 20.1 Å². The minimum Gasteiger partial charge on any atom is -0.508 e. The van der Waals surface area contributed by atoms with Gasteiger partial charge in [-0.25, -0.2) is 4.99 Å². The van der Waals surface area contributed by atoms with Gasteiger partial charge in [0, 0.05) is 32.7 Å². The van der Waals surface area contributed by atoms with Gasteiger partial charge in [-0.2, -0.15) is 0 Å². The smallest absolute Gasteiger partial charge is 0.193 e. The van der Waals surface area contributed by atoms with Gasteiger partial charge >= 0.3 is 0 Å². The van der Waals surface area contributed by atoms with Crippen molar-refractivity contribution in [3.8, 4) is 5.75 Å². The van der Waals surface area contributed by atoms with E-state index in [0.29, 0.717) is 12.5 Å².